The Morgan fingerprint density at radius 3 is 2.50 bits per heavy atom. The Morgan fingerprint density at radius 2 is 2.00 bits per heavy atom. The second kappa shape index (κ2) is 7.39. The van der Waals surface area contributed by atoms with Crippen LogP contribution in [0.25, 0.3) is 0 Å². The lowest BCUT2D eigenvalue weighted by atomic mass is 9.99. The van der Waals surface area contributed by atoms with Crippen molar-refractivity contribution in [2.75, 3.05) is 0 Å². The Labute approximate surface area is 78.1 Å². The summed E-state index contributed by atoms with van der Waals surface area (Å²) >= 11 is 0. The number of hydrogen-bond donors (Lipinski definition) is 0. The number of allylic oxidation sites excluding steroid dienone is 2. The fourth-order valence-corrected chi connectivity index (χ4v) is 1.17. The van der Waals surface area contributed by atoms with Gasteiger partial charge in [-0.15, -0.1) is 0 Å². The van der Waals surface area contributed by atoms with Gasteiger partial charge in [0, 0.05) is 0 Å². The van der Waals surface area contributed by atoms with Crippen LogP contribution < -0.4 is 0 Å². The molecule has 0 aromatic carbocycles. The molecule has 0 fully saturated rings. The molecule has 0 saturated heterocycles. The summed E-state index contributed by atoms with van der Waals surface area (Å²) in [7, 11) is 0. The molecule has 0 nitrogen and oxygen atoms in total. The van der Waals surface area contributed by atoms with Crippen molar-refractivity contribution in [1.82, 2.24) is 0 Å². The molecule has 0 amide bonds. The zero-order chi connectivity index (χ0) is 9.40. The van der Waals surface area contributed by atoms with Crippen LogP contribution in [0.15, 0.2) is 11.6 Å². The summed E-state index contributed by atoms with van der Waals surface area (Å²) in [5.41, 5.74) is 1.58. The van der Waals surface area contributed by atoms with Crippen molar-refractivity contribution in [3.63, 3.8) is 0 Å². The van der Waals surface area contributed by atoms with Crippen molar-refractivity contribution in [1.29, 1.82) is 0 Å². The summed E-state index contributed by atoms with van der Waals surface area (Å²) in [4.78, 5) is 0. The van der Waals surface area contributed by atoms with Crippen LogP contribution in [0.1, 0.15) is 59.8 Å². The zero-order valence-electron chi connectivity index (χ0n) is 9.19. The summed E-state index contributed by atoms with van der Waals surface area (Å²) in [6, 6.07) is 0. The van der Waals surface area contributed by atoms with Crippen molar-refractivity contribution >= 4 is 0 Å². The lowest BCUT2D eigenvalue weighted by Gasteiger charge is -2.07. The van der Waals surface area contributed by atoms with E-state index in [1.807, 2.05) is 0 Å². The third-order valence-electron chi connectivity index (χ3n) is 2.51. The SMILES string of the molecule is CCCC=C(C)CCC(C)CC. The molecule has 0 spiro atoms. The normalized spacial score (nSPS) is 14.8. The van der Waals surface area contributed by atoms with Crippen molar-refractivity contribution in [3.05, 3.63) is 11.6 Å². The molecule has 0 aliphatic rings. The smallest absolute Gasteiger partial charge is 0.0321 e. The molecule has 0 N–H and O–H groups in total. The number of hydrogen-bond acceptors (Lipinski definition) is 0. The highest BCUT2D eigenvalue weighted by molar-refractivity contribution is 4.97. The van der Waals surface area contributed by atoms with Gasteiger partial charge in [0.15, 0.2) is 0 Å². The maximum Gasteiger partial charge on any atom is -0.0321 e. The maximum absolute atomic E-state index is 2.39. The van der Waals surface area contributed by atoms with Gasteiger partial charge in [-0.25, -0.2) is 0 Å². The van der Waals surface area contributed by atoms with Crippen LogP contribution in [0.5, 0.6) is 0 Å². The van der Waals surface area contributed by atoms with Crippen molar-refractivity contribution in [2.45, 2.75) is 59.8 Å². The fraction of sp³-hybridized carbons (Fsp3) is 0.833. The van der Waals surface area contributed by atoms with E-state index in [-0.39, 0.29) is 0 Å². The Balaban J connectivity index is 3.48. The minimum atomic E-state index is 0.898. The molecule has 0 bridgehead atoms. The number of rotatable bonds is 6. The summed E-state index contributed by atoms with van der Waals surface area (Å²) in [5, 5.41) is 0. The number of unbranched alkanes of at least 4 members (excludes halogenated alkanes) is 1. The van der Waals surface area contributed by atoms with Crippen LogP contribution in [0.3, 0.4) is 0 Å². The molecule has 0 aliphatic heterocycles. The van der Waals surface area contributed by atoms with E-state index in [1.165, 1.54) is 32.1 Å². The van der Waals surface area contributed by atoms with E-state index >= 15 is 0 Å². The third-order valence-corrected chi connectivity index (χ3v) is 2.51. The average Bonchev–Trinajstić information content (AvgIpc) is 2.10. The molecular formula is C12H24. The van der Waals surface area contributed by atoms with Gasteiger partial charge in [-0.3, -0.25) is 0 Å². The Kier molecular flexibility index (Phi) is 7.23. The van der Waals surface area contributed by atoms with E-state index in [9.17, 15) is 0 Å². The minimum absolute atomic E-state index is 0.898. The lowest BCUT2D eigenvalue weighted by Crippen LogP contribution is -1.92. The van der Waals surface area contributed by atoms with Crippen LogP contribution in [-0.2, 0) is 0 Å². The molecule has 1 unspecified atom stereocenters. The largest absolute Gasteiger partial charge is 0.0856 e. The second-order valence-corrected chi connectivity index (χ2v) is 3.89. The summed E-state index contributed by atoms with van der Waals surface area (Å²) in [6.45, 7) is 9.11. The molecule has 0 heterocycles. The first kappa shape index (κ1) is 11.7. The van der Waals surface area contributed by atoms with Gasteiger partial charge < -0.3 is 0 Å². The molecule has 0 saturated carbocycles. The van der Waals surface area contributed by atoms with Crippen LogP contribution in [0.2, 0.25) is 0 Å². The van der Waals surface area contributed by atoms with Crippen LogP contribution in [0.4, 0.5) is 0 Å². The van der Waals surface area contributed by atoms with Crippen LogP contribution in [0, 0.1) is 5.92 Å². The van der Waals surface area contributed by atoms with Gasteiger partial charge in [0.05, 0.1) is 0 Å². The molecule has 0 aliphatic carbocycles. The molecule has 1 atom stereocenters. The standard InChI is InChI=1S/C12H24/c1-5-7-8-12(4)10-9-11(3)6-2/h8,11H,5-7,9-10H2,1-4H3. The molecular weight excluding hydrogens is 144 g/mol. The predicted octanol–water partition coefficient (Wildman–Crippen LogP) is 4.56. The highest BCUT2D eigenvalue weighted by Crippen LogP contribution is 2.14. The van der Waals surface area contributed by atoms with E-state index in [0.29, 0.717) is 0 Å². The van der Waals surface area contributed by atoms with Gasteiger partial charge in [-0.05, 0) is 32.1 Å². The topological polar surface area (TPSA) is 0 Å². The Hall–Kier alpha value is -0.260. The first-order valence-electron chi connectivity index (χ1n) is 5.36. The first-order valence-corrected chi connectivity index (χ1v) is 5.36. The predicted molar refractivity (Wildman–Crippen MR) is 57.4 cm³/mol. The highest BCUT2D eigenvalue weighted by Gasteiger charge is 1.98. The van der Waals surface area contributed by atoms with Gasteiger partial charge in [0.25, 0.3) is 0 Å². The van der Waals surface area contributed by atoms with Crippen molar-refractivity contribution in [2.24, 2.45) is 5.92 Å². The molecule has 0 radical (unpaired) electrons. The molecule has 0 rings (SSSR count). The van der Waals surface area contributed by atoms with Gasteiger partial charge >= 0.3 is 0 Å². The van der Waals surface area contributed by atoms with Gasteiger partial charge in [-0.2, -0.15) is 0 Å². The Bertz CT molecular complexity index is 122. The summed E-state index contributed by atoms with van der Waals surface area (Å²) in [5.74, 6) is 0.898. The first-order chi connectivity index (χ1) is 5.70. The molecule has 0 aromatic rings. The van der Waals surface area contributed by atoms with E-state index < -0.39 is 0 Å². The zero-order valence-corrected chi connectivity index (χ0v) is 9.19. The van der Waals surface area contributed by atoms with Gasteiger partial charge in [0.1, 0.15) is 0 Å². The minimum Gasteiger partial charge on any atom is -0.0856 e. The van der Waals surface area contributed by atoms with Gasteiger partial charge in [0.2, 0.25) is 0 Å². The molecule has 72 valence electrons. The summed E-state index contributed by atoms with van der Waals surface area (Å²) < 4.78 is 0. The van der Waals surface area contributed by atoms with Crippen LogP contribution in [-0.4, -0.2) is 0 Å². The van der Waals surface area contributed by atoms with Crippen molar-refractivity contribution < 1.29 is 0 Å². The molecule has 0 aromatic heterocycles. The Morgan fingerprint density at radius 1 is 1.33 bits per heavy atom. The monoisotopic (exact) mass is 168 g/mol. The quantitative estimate of drug-likeness (QED) is 0.510. The summed E-state index contributed by atoms with van der Waals surface area (Å²) in [6.07, 6.45) is 8.91. The van der Waals surface area contributed by atoms with E-state index in [4.69, 9.17) is 0 Å². The molecule has 12 heavy (non-hydrogen) atoms. The molecule has 0 heteroatoms. The highest BCUT2D eigenvalue weighted by atomic mass is 14.0. The van der Waals surface area contributed by atoms with E-state index in [1.54, 1.807) is 5.57 Å². The maximum atomic E-state index is 2.39. The second-order valence-electron chi connectivity index (χ2n) is 3.89. The van der Waals surface area contributed by atoms with E-state index in [2.05, 4.69) is 33.8 Å². The van der Waals surface area contributed by atoms with Crippen molar-refractivity contribution in [3.8, 4) is 0 Å². The average molecular weight is 168 g/mol. The third kappa shape index (κ3) is 6.45. The van der Waals surface area contributed by atoms with Gasteiger partial charge in [-0.1, -0.05) is 45.3 Å². The van der Waals surface area contributed by atoms with E-state index in [0.717, 1.165) is 5.92 Å². The lowest BCUT2D eigenvalue weighted by molar-refractivity contribution is 0.515. The van der Waals surface area contributed by atoms with Crippen LogP contribution >= 0.6 is 0 Å². The fourth-order valence-electron chi connectivity index (χ4n) is 1.17.